The van der Waals surface area contributed by atoms with E-state index in [1.165, 1.54) is 42.8 Å². The molecule has 0 spiro atoms. The van der Waals surface area contributed by atoms with Crippen molar-refractivity contribution in [1.29, 1.82) is 0 Å². The molecule has 0 aliphatic carbocycles. The van der Waals surface area contributed by atoms with Gasteiger partial charge >= 0.3 is 6.01 Å². The van der Waals surface area contributed by atoms with E-state index in [1.54, 1.807) is 18.2 Å². The summed E-state index contributed by atoms with van der Waals surface area (Å²) in [4.78, 5) is 13.0. The predicted octanol–water partition coefficient (Wildman–Crippen LogP) is 3.20. The zero-order chi connectivity index (χ0) is 23.6. The average molecular weight is 493 g/mol. The maximum atomic E-state index is 13.1. The van der Waals surface area contributed by atoms with Crippen LogP contribution in [0.4, 0.5) is 6.01 Å². The number of hydrogen-bond acceptors (Lipinski definition) is 8. The Balaban J connectivity index is 1.52. The Morgan fingerprint density at radius 3 is 2.61 bits per heavy atom. The number of hydrogen-bond donors (Lipinski definition) is 1. The molecule has 33 heavy (non-hydrogen) atoms. The number of benzene rings is 2. The Kier molecular flexibility index (Phi) is 6.54. The van der Waals surface area contributed by atoms with Gasteiger partial charge in [-0.25, -0.2) is 8.42 Å². The number of methoxy groups -OCH3 is 2. The van der Waals surface area contributed by atoms with E-state index in [9.17, 15) is 13.2 Å². The van der Waals surface area contributed by atoms with Gasteiger partial charge in [-0.15, -0.1) is 5.10 Å². The van der Waals surface area contributed by atoms with Gasteiger partial charge in [-0.2, -0.15) is 4.31 Å². The molecule has 0 bridgehead atoms. The van der Waals surface area contributed by atoms with Gasteiger partial charge in [-0.1, -0.05) is 16.7 Å². The summed E-state index contributed by atoms with van der Waals surface area (Å²) in [6.07, 6.45) is 0.912. The fourth-order valence-electron chi connectivity index (χ4n) is 3.58. The first-order valence-electron chi connectivity index (χ1n) is 9.97. The van der Waals surface area contributed by atoms with Crippen LogP contribution in [0.2, 0.25) is 5.02 Å². The largest absolute Gasteiger partial charge is 0.497 e. The number of ether oxygens (including phenoxy) is 2. The summed E-state index contributed by atoms with van der Waals surface area (Å²) in [5, 5.41) is 10.8. The average Bonchev–Trinajstić information content (AvgIpc) is 3.49. The van der Waals surface area contributed by atoms with Crippen molar-refractivity contribution >= 4 is 33.5 Å². The Labute approximate surface area is 195 Å². The summed E-state index contributed by atoms with van der Waals surface area (Å²) in [7, 11) is -0.847. The van der Waals surface area contributed by atoms with Crippen LogP contribution in [0.5, 0.6) is 11.5 Å². The number of sulfonamides is 1. The summed E-state index contributed by atoms with van der Waals surface area (Å²) in [5.41, 5.74) is 0.513. The van der Waals surface area contributed by atoms with Crippen LogP contribution in [0.1, 0.15) is 12.8 Å². The molecule has 3 aromatic rings. The van der Waals surface area contributed by atoms with Crippen molar-refractivity contribution < 1.29 is 27.1 Å². The van der Waals surface area contributed by atoms with Crippen molar-refractivity contribution in [2.45, 2.75) is 23.8 Å². The molecular weight excluding hydrogens is 472 g/mol. The minimum absolute atomic E-state index is 0.0678. The van der Waals surface area contributed by atoms with E-state index in [4.69, 9.17) is 25.5 Å². The quantitative estimate of drug-likeness (QED) is 0.533. The van der Waals surface area contributed by atoms with Gasteiger partial charge < -0.3 is 13.9 Å². The number of halogens is 1. The van der Waals surface area contributed by atoms with Crippen LogP contribution in [0.3, 0.4) is 0 Å². The normalized spacial score (nSPS) is 16.5. The van der Waals surface area contributed by atoms with Crippen LogP contribution in [0.25, 0.3) is 11.5 Å². The lowest BCUT2D eigenvalue weighted by Gasteiger charge is -2.22. The Hall–Kier alpha value is -3.15. The molecule has 1 saturated heterocycles. The minimum Gasteiger partial charge on any atom is -0.497 e. The van der Waals surface area contributed by atoms with Crippen molar-refractivity contribution in [3.63, 3.8) is 0 Å². The molecular formula is C21H21ClN4O6S. The van der Waals surface area contributed by atoms with E-state index < -0.39 is 22.0 Å². The third-order valence-electron chi connectivity index (χ3n) is 5.22. The SMILES string of the molecule is COc1ccc(-c2nnc(NC(=O)C3CCCN3S(=O)(=O)c3ccc(Cl)cc3)o2)c(OC)c1. The van der Waals surface area contributed by atoms with Gasteiger partial charge in [-0.3, -0.25) is 10.1 Å². The van der Waals surface area contributed by atoms with Gasteiger partial charge in [0.15, 0.2) is 0 Å². The van der Waals surface area contributed by atoms with E-state index >= 15 is 0 Å². The van der Waals surface area contributed by atoms with Crippen molar-refractivity contribution in [2.75, 3.05) is 26.1 Å². The number of carbonyl (C=O) groups is 1. The zero-order valence-corrected chi connectivity index (χ0v) is 19.4. The Morgan fingerprint density at radius 1 is 1.15 bits per heavy atom. The first-order valence-corrected chi connectivity index (χ1v) is 11.8. The first-order chi connectivity index (χ1) is 15.8. The van der Waals surface area contributed by atoms with Crippen LogP contribution in [-0.4, -0.2) is 55.6 Å². The van der Waals surface area contributed by atoms with Crippen molar-refractivity contribution in [3.8, 4) is 23.0 Å². The van der Waals surface area contributed by atoms with Crippen LogP contribution < -0.4 is 14.8 Å². The highest BCUT2D eigenvalue weighted by Crippen LogP contribution is 2.33. The lowest BCUT2D eigenvalue weighted by molar-refractivity contribution is -0.119. The molecule has 2 aromatic carbocycles. The maximum Gasteiger partial charge on any atom is 0.322 e. The highest BCUT2D eigenvalue weighted by atomic mass is 35.5. The summed E-state index contributed by atoms with van der Waals surface area (Å²) < 4.78 is 43.4. The molecule has 1 unspecified atom stereocenters. The molecule has 4 rings (SSSR count). The number of rotatable bonds is 7. The minimum atomic E-state index is -3.88. The fraction of sp³-hybridized carbons (Fsp3) is 0.286. The van der Waals surface area contributed by atoms with Crippen LogP contribution in [0, 0.1) is 0 Å². The number of nitrogens with one attached hydrogen (secondary N) is 1. The molecule has 0 radical (unpaired) electrons. The molecule has 2 heterocycles. The lowest BCUT2D eigenvalue weighted by Crippen LogP contribution is -2.43. The van der Waals surface area contributed by atoms with Gasteiger partial charge in [0.05, 0.1) is 24.7 Å². The molecule has 1 aliphatic rings. The van der Waals surface area contributed by atoms with Crippen molar-refractivity contribution in [1.82, 2.24) is 14.5 Å². The Morgan fingerprint density at radius 2 is 1.91 bits per heavy atom. The number of carbonyl (C=O) groups excluding carboxylic acids is 1. The van der Waals surface area contributed by atoms with Crippen molar-refractivity contribution in [2.24, 2.45) is 0 Å². The van der Waals surface area contributed by atoms with E-state index in [2.05, 4.69) is 15.5 Å². The molecule has 12 heteroatoms. The molecule has 0 saturated carbocycles. The third kappa shape index (κ3) is 4.65. The molecule has 1 amide bonds. The molecule has 1 N–H and O–H groups in total. The second-order valence-corrected chi connectivity index (χ2v) is 9.52. The highest BCUT2D eigenvalue weighted by Gasteiger charge is 2.40. The molecule has 1 fully saturated rings. The third-order valence-corrected chi connectivity index (χ3v) is 7.40. The maximum absolute atomic E-state index is 13.1. The van der Waals surface area contributed by atoms with E-state index in [0.717, 1.165) is 0 Å². The van der Waals surface area contributed by atoms with Gasteiger partial charge in [0.1, 0.15) is 17.5 Å². The monoisotopic (exact) mass is 492 g/mol. The Bertz CT molecular complexity index is 1260. The summed E-state index contributed by atoms with van der Waals surface area (Å²) in [5.74, 6) is 0.613. The molecule has 1 aliphatic heterocycles. The van der Waals surface area contributed by atoms with Crippen LogP contribution in [-0.2, 0) is 14.8 Å². The second kappa shape index (κ2) is 9.38. The van der Waals surface area contributed by atoms with Gasteiger partial charge in [-0.05, 0) is 49.2 Å². The summed E-state index contributed by atoms with van der Waals surface area (Å²) >= 11 is 5.86. The molecule has 1 aromatic heterocycles. The van der Waals surface area contributed by atoms with Crippen molar-refractivity contribution in [3.05, 3.63) is 47.5 Å². The number of anilines is 1. The molecule has 174 valence electrons. The first kappa shape index (κ1) is 23.0. The van der Waals surface area contributed by atoms with E-state index in [1.807, 2.05) is 0 Å². The topological polar surface area (TPSA) is 124 Å². The fourth-order valence-corrected chi connectivity index (χ4v) is 5.36. The lowest BCUT2D eigenvalue weighted by atomic mass is 10.2. The second-order valence-electron chi connectivity index (χ2n) is 7.20. The van der Waals surface area contributed by atoms with Gasteiger partial charge in [0.2, 0.25) is 15.9 Å². The van der Waals surface area contributed by atoms with Gasteiger partial charge in [0, 0.05) is 17.6 Å². The summed E-state index contributed by atoms with van der Waals surface area (Å²) in [6, 6.07) is 9.82. The van der Waals surface area contributed by atoms with E-state index in [0.29, 0.717) is 34.9 Å². The number of amides is 1. The zero-order valence-electron chi connectivity index (χ0n) is 17.8. The summed E-state index contributed by atoms with van der Waals surface area (Å²) in [6.45, 7) is 0.223. The standard InChI is InChI=1S/C21H21ClN4O6S/c1-30-14-7-10-16(18(12-14)31-2)20-24-25-21(32-20)23-19(27)17-4-3-11-26(17)33(28,29)15-8-5-13(22)6-9-15/h5-10,12,17H,3-4,11H2,1-2H3,(H,23,25,27). The van der Waals surface area contributed by atoms with E-state index in [-0.39, 0.29) is 23.3 Å². The number of aromatic nitrogens is 2. The molecule has 10 nitrogen and oxygen atoms in total. The van der Waals surface area contributed by atoms with Crippen LogP contribution in [0.15, 0.2) is 51.8 Å². The smallest absolute Gasteiger partial charge is 0.322 e. The predicted molar refractivity (Wildman–Crippen MR) is 120 cm³/mol. The highest BCUT2D eigenvalue weighted by molar-refractivity contribution is 7.89. The molecule has 1 atom stereocenters. The number of nitrogens with zero attached hydrogens (tertiary/aromatic N) is 3. The van der Waals surface area contributed by atoms with Gasteiger partial charge in [0.25, 0.3) is 5.89 Å². The van der Waals surface area contributed by atoms with Crippen LogP contribution >= 0.6 is 11.6 Å².